The van der Waals surface area contributed by atoms with Gasteiger partial charge in [0.15, 0.2) is 0 Å². The smallest absolute Gasteiger partial charge is 0.216 e. The Bertz CT molecular complexity index is 1100. The van der Waals surface area contributed by atoms with Crippen LogP contribution in [0.2, 0.25) is 0 Å². The van der Waals surface area contributed by atoms with Crippen molar-refractivity contribution in [3.63, 3.8) is 0 Å². The van der Waals surface area contributed by atoms with Gasteiger partial charge in [0.2, 0.25) is 9.84 Å². The van der Waals surface area contributed by atoms with Gasteiger partial charge in [0.25, 0.3) is 0 Å². The largest absolute Gasteiger partial charge is 0.507 e. The quantitative estimate of drug-likeness (QED) is 0.555. The van der Waals surface area contributed by atoms with Crippen molar-refractivity contribution < 1.29 is 13.5 Å². The van der Waals surface area contributed by atoms with Crippen LogP contribution in [0.1, 0.15) is 83.6 Å². The number of aromatic hydroxyl groups is 1. The molecule has 0 spiro atoms. The van der Waals surface area contributed by atoms with Crippen molar-refractivity contribution in [3.05, 3.63) is 63.6 Å². The summed E-state index contributed by atoms with van der Waals surface area (Å²) in [4.78, 5) is -0.231. The fourth-order valence-electron chi connectivity index (χ4n) is 3.36. The molecule has 0 saturated carbocycles. The predicted octanol–water partition coefficient (Wildman–Crippen LogP) is 6.45. The molecule has 166 valence electrons. The van der Waals surface area contributed by atoms with Gasteiger partial charge in [-0.25, -0.2) is 8.42 Å². The molecule has 2 aromatic rings. The first-order valence-electron chi connectivity index (χ1n) is 10.4. The van der Waals surface area contributed by atoms with E-state index in [9.17, 15) is 18.8 Å². The van der Waals surface area contributed by atoms with Crippen molar-refractivity contribution in [2.45, 2.75) is 77.0 Å². The molecule has 2 rings (SSSR count). The maximum Gasteiger partial charge on any atom is 0.216 e. The molecule has 0 unspecified atom stereocenters. The molecule has 5 heteroatoms. The minimum Gasteiger partial charge on any atom is -0.507 e. The van der Waals surface area contributed by atoms with Crippen LogP contribution in [0.5, 0.6) is 5.75 Å². The molecule has 0 amide bonds. The molecule has 0 bridgehead atoms. The number of allylic oxidation sites excluding steroid dienone is 1. The number of phenolic OH excluding ortho intramolecular Hbond substituents is 1. The Morgan fingerprint density at radius 2 is 1.42 bits per heavy atom. The number of benzene rings is 2. The predicted molar refractivity (Wildman–Crippen MR) is 127 cm³/mol. The second-order valence-corrected chi connectivity index (χ2v) is 12.2. The Morgan fingerprint density at radius 1 is 0.968 bits per heavy atom. The molecule has 4 nitrogen and oxygen atoms in total. The normalized spacial score (nSPS) is 13.4. The van der Waals surface area contributed by atoms with Gasteiger partial charge in [-0.3, -0.25) is 0 Å². The van der Waals surface area contributed by atoms with Gasteiger partial charge < -0.3 is 5.11 Å². The first-order valence-corrected chi connectivity index (χ1v) is 11.9. The van der Waals surface area contributed by atoms with E-state index in [1.807, 2.05) is 61.5 Å². The number of sulfone groups is 1. The van der Waals surface area contributed by atoms with E-state index < -0.39 is 9.84 Å². The molecule has 0 heterocycles. The Kier molecular flexibility index (Phi) is 6.78. The van der Waals surface area contributed by atoms with Gasteiger partial charge in [0.05, 0.1) is 4.90 Å². The zero-order valence-electron chi connectivity index (χ0n) is 19.7. The Labute approximate surface area is 187 Å². The lowest BCUT2D eigenvalue weighted by Gasteiger charge is -2.28. The van der Waals surface area contributed by atoms with Crippen LogP contribution in [-0.2, 0) is 20.7 Å². The average molecular weight is 440 g/mol. The standard InChI is InChI=1S/C26H33NO3S/c1-17(2)19-9-11-20(12-10-19)31(29,30)21(16-27)13-18-14-22(25(3,4)5)24(28)23(15-18)26(6,7)8/h9-15,17,28H,1-8H3/b21-13-. The summed E-state index contributed by atoms with van der Waals surface area (Å²) in [6, 6.07) is 12.1. The van der Waals surface area contributed by atoms with Gasteiger partial charge in [-0.05, 0) is 58.2 Å². The van der Waals surface area contributed by atoms with Gasteiger partial charge in [-0.1, -0.05) is 67.5 Å². The Morgan fingerprint density at radius 3 is 1.77 bits per heavy atom. The topological polar surface area (TPSA) is 78.2 Å². The fourth-order valence-corrected chi connectivity index (χ4v) is 4.52. The second kappa shape index (κ2) is 8.51. The number of rotatable bonds is 4. The minimum atomic E-state index is -3.96. The van der Waals surface area contributed by atoms with E-state index in [1.165, 1.54) is 6.08 Å². The highest BCUT2D eigenvalue weighted by molar-refractivity contribution is 7.95. The van der Waals surface area contributed by atoms with E-state index in [0.29, 0.717) is 16.7 Å². The van der Waals surface area contributed by atoms with Crippen molar-refractivity contribution >= 4 is 15.9 Å². The average Bonchev–Trinajstić information content (AvgIpc) is 2.65. The van der Waals surface area contributed by atoms with Gasteiger partial charge in [0, 0.05) is 11.1 Å². The molecular formula is C26H33NO3S. The first-order chi connectivity index (χ1) is 14.1. The van der Waals surface area contributed by atoms with E-state index in [4.69, 9.17) is 0 Å². The highest BCUT2D eigenvalue weighted by atomic mass is 32.2. The van der Waals surface area contributed by atoms with Crippen LogP contribution in [0, 0.1) is 11.3 Å². The van der Waals surface area contributed by atoms with Crippen molar-refractivity contribution in [3.8, 4) is 11.8 Å². The van der Waals surface area contributed by atoms with Crippen LogP contribution in [-0.4, -0.2) is 13.5 Å². The zero-order valence-corrected chi connectivity index (χ0v) is 20.6. The summed E-state index contributed by atoms with van der Waals surface area (Å²) in [5.74, 6) is 0.495. The van der Waals surface area contributed by atoms with E-state index >= 15 is 0 Å². The SMILES string of the molecule is CC(C)c1ccc(S(=O)(=O)/C(C#N)=C\c2cc(C(C)(C)C)c(O)c(C(C)(C)C)c2)cc1. The summed E-state index contributed by atoms with van der Waals surface area (Å²) >= 11 is 0. The number of nitriles is 1. The summed E-state index contributed by atoms with van der Waals surface area (Å²) < 4.78 is 26.3. The van der Waals surface area contributed by atoms with Gasteiger partial charge >= 0.3 is 0 Å². The lowest BCUT2D eigenvalue weighted by Crippen LogP contribution is -2.17. The maximum absolute atomic E-state index is 13.1. The third kappa shape index (κ3) is 5.37. The van der Waals surface area contributed by atoms with Crippen LogP contribution >= 0.6 is 0 Å². The highest BCUT2D eigenvalue weighted by Crippen LogP contribution is 2.40. The van der Waals surface area contributed by atoms with Crippen molar-refractivity contribution in [1.29, 1.82) is 5.26 Å². The van der Waals surface area contributed by atoms with Crippen LogP contribution in [0.4, 0.5) is 0 Å². The van der Waals surface area contributed by atoms with E-state index in [-0.39, 0.29) is 32.3 Å². The lowest BCUT2D eigenvalue weighted by atomic mass is 9.78. The summed E-state index contributed by atoms with van der Waals surface area (Å²) in [5.41, 5.74) is 2.32. The molecule has 2 aromatic carbocycles. The van der Waals surface area contributed by atoms with Crippen molar-refractivity contribution in [2.75, 3.05) is 0 Å². The van der Waals surface area contributed by atoms with Crippen LogP contribution in [0.15, 0.2) is 46.2 Å². The molecule has 0 saturated heterocycles. The molecule has 0 fully saturated rings. The first kappa shape index (κ1) is 24.7. The third-order valence-corrected chi connectivity index (χ3v) is 6.98. The Balaban J connectivity index is 2.69. The maximum atomic E-state index is 13.1. The summed E-state index contributed by atoms with van der Waals surface area (Å²) in [5, 5.41) is 20.6. The number of phenols is 1. The van der Waals surface area contributed by atoms with Crippen LogP contribution < -0.4 is 0 Å². The summed E-state index contributed by atoms with van der Waals surface area (Å²) in [7, 11) is -3.96. The molecule has 0 radical (unpaired) electrons. The lowest BCUT2D eigenvalue weighted by molar-refractivity contribution is 0.423. The third-order valence-electron chi connectivity index (χ3n) is 5.30. The molecular weight excluding hydrogens is 406 g/mol. The fraction of sp³-hybridized carbons (Fsp3) is 0.423. The summed E-state index contributed by atoms with van der Waals surface area (Å²) in [6.45, 7) is 16.0. The van der Waals surface area contributed by atoms with Gasteiger partial charge in [-0.2, -0.15) is 5.26 Å². The zero-order chi connectivity index (χ0) is 23.8. The number of hydrogen-bond donors (Lipinski definition) is 1. The monoisotopic (exact) mass is 439 g/mol. The molecule has 0 aliphatic carbocycles. The molecule has 31 heavy (non-hydrogen) atoms. The van der Waals surface area contributed by atoms with E-state index in [0.717, 1.165) is 5.56 Å². The number of nitrogens with zero attached hydrogens (tertiary/aromatic N) is 1. The highest BCUT2D eigenvalue weighted by Gasteiger charge is 2.27. The van der Waals surface area contributed by atoms with Gasteiger partial charge in [-0.15, -0.1) is 0 Å². The minimum absolute atomic E-state index is 0.0931. The summed E-state index contributed by atoms with van der Waals surface area (Å²) in [6.07, 6.45) is 1.40. The molecule has 0 atom stereocenters. The molecule has 0 aliphatic rings. The molecule has 0 aliphatic heterocycles. The Hall–Kier alpha value is -2.58. The van der Waals surface area contributed by atoms with Gasteiger partial charge in [0.1, 0.15) is 16.7 Å². The second-order valence-electron chi connectivity index (χ2n) is 10.3. The van der Waals surface area contributed by atoms with E-state index in [2.05, 4.69) is 0 Å². The van der Waals surface area contributed by atoms with E-state index in [1.54, 1.807) is 36.4 Å². The van der Waals surface area contributed by atoms with Crippen LogP contribution in [0.25, 0.3) is 6.08 Å². The van der Waals surface area contributed by atoms with Crippen LogP contribution in [0.3, 0.4) is 0 Å². The van der Waals surface area contributed by atoms with Crippen molar-refractivity contribution in [2.24, 2.45) is 0 Å². The molecule has 1 N–H and O–H groups in total. The number of hydrogen-bond acceptors (Lipinski definition) is 4. The van der Waals surface area contributed by atoms with Crippen molar-refractivity contribution in [1.82, 2.24) is 0 Å². The molecule has 0 aromatic heterocycles.